The van der Waals surface area contributed by atoms with Crippen molar-refractivity contribution in [1.29, 1.82) is 0 Å². The fraction of sp³-hybridized carbons (Fsp3) is 0.0526. The van der Waals surface area contributed by atoms with E-state index in [9.17, 15) is 9.59 Å². The zero-order chi connectivity index (χ0) is 16.5. The van der Waals surface area contributed by atoms with E-state index < -0.39 is 0 Å². The average Bonchev–Trinajstić information content (AvgIpc) is 3.02. The molecule has 118 valence electrons. The fourth-order valence-corrected chi connectivity index (χ4v) is 3.74. The molecule has 2 heterocycles. The Morgan fingerprint density at radius 3 is 2.83 bits per heavy atom. The number of fused-ring (bicyclic) bond motifs is 2. The van der Waals surface area contributed by atoms with Gasteiger partial charge in [0, 0.05) is 10.8 Å². The zero-order valence-electron chi connectivity index (χ0n) is 12.7. The summed E-state index contributed by atoms with van der Waals surface area (Å²) in [5.74, 6) is -0.385. The lowest BCUT2D eigenvalue weighted by molar-refractivity contribution is -0.119. The van der Waals surface area contributed by atoms with Gasteiger partial charge in [0.05, 0.1) is 11.4 Å². The van der Waals surface area contributed by atoms with Crippen LogP contribution in [-0.4, -0.2) is 18.4 Å². The molecule has 1 aliphatic heterocycles. The van der Waals surface area contributed by atoms with Crippen molar-refractivity contribution in [2.75, 3.05) is 16.8 Å². The summed E-state index contributed by atoms with van der Waals surface area (Å²) in [6.45, 7) is 0.0323. The van der Waals surface area contributed by atoms with Crippen LogP contribution in [0.3, 0.4) is 0 Å². The van der Waals surface area contributed by atoms with Gasteiger partial charge in [0.2, 0.25) is 5.91 Å². The molecular weight excluding hydrogens is 320 g/mol. The van der Waals surface area contributed by atoms with Crippen molar-refractivity contribution >= 4 is 50.7 Å². The number of thiophene rings is 1. The van der Waals surface area contributed by atoms with Gasteiger partial charge < -0.3 is 5.32 Å². The van der Waals surface area contributed by atoms with Crippen molar-refractivity contribution in [3.05, 3.63) is 65.6 Å². The molecule has 24 heavy (non-hydrogen) atoms. The molecule has 0 saturated heterocycles. The normalized spacial score (nSPS) is 14.0. The quantitative estimate of drug-likeness (QED) is 0.723. The van der Waals surface area contributed by atoms with E-state index in [-0.39, 0.29) is 18.4 Å². The molecule has 5 heteroatoms. The Morgan fingerprint density at radius 2 is 1.92 bits per heavy atom. The zero-order valence-corrected chi connectivity index (χ0v) is 13.5. The molecule has 1 N–H and O–H groups in total. The highest BCUT2D eigenvalue weighted by atomic mass is 32.1. The summed E-state index contributed by atoms with van der Waals surface area (Å²) in [6, 6.07) is 15.4. The highest BCUT2D eigenvalue weighted by Gasteiger charge is 2.25. The van der Waals surface area contributed by atoms with E-state index in [1.165, 1.54) is 15.7 Å². The second kappa shape index (κ2) is 5.94. The summed E-state index contributed by atoms with van der Waals surface area (Å²) in [4.78, 5) is 25.9. The van der Waals surface area contributed by atoms with Crippen molar-refractivity contribution < 1.29 is 9.59 Å². The number of hydrogen-bond acceptors (Lipinski definition) is 3. The Labute approximate surface area is 143 Å². The van der Waals surface area contributed by atoms with E-state index in [2.05, 4.69) is 11.4 Å². The van der Waals surface area contributed by atoms with E-state index in [0.717, 1.165) is 16.6 Å². The third-order valence-electron chi connectivity index (χ3n) is 3.95. The molecule has 1 aliphatic rings. The van der Waals surface area contributed by atoms with Gasteiger partial charge in [-0.05, 0) is 40.6 Å². The maximum Gasteiger partial charge on any atom is 0.251 e. The first-order valence-electron chi connectivity index (χ1n) is 7.57. The van der Waals surface area contributed by atoms with Crippen molar-refractivity contribution in [2.24, 2.45) is 0 Å². The van der Waals surface area contributed by atoms with Crippen LogP contribution in [0.15, 0.2) is 60.0 Å². The Kier molecular flexibility index (Phi) is 3.63. The van der Waals surface area contributed by atoms with Gasteiger partial charge in [0.15, 0.2) is 0 Å². The SMILES string of the molecule is O=C1CN(C(=O)C=Cc2csc3ccccc23)c2ccccc2N1. The lowest BCUT2D eigenvalue weighted by Gasteiger charge is -2.28. The molecule has 0 saturated carbocycles. The predicted molar refractivity (Wildman–Crippen MR) is 98.3 cm³/mol. The molecule has 0 fully saturated rings. The first-order chi connectivity index (χ1) is 11.7. The third kappa shape index (κ3) is 2.59. The minimum Gasteiger partial charge on any atom is -0.323 e. The lowest BCUT2D eigenvalue weighted by Crippen LogP contribution is -2.41. The van der Waals surface area contributed by atoms with E-state index in [0.29, 0.717) is 5.69 Å². The number of benzene rings is 2. The molecule has 0 atom stereocenters. The minimum atomic E-state index is -0.201. The van der Waals surface area contributed by atoms with Crippen LogP contribution < -0.4 is 10.2 Å². The molecule has 0 radical (unpaired) electrons. The van der Waals surface area contributed by atoms with Crippen LogP contribution in [0, 0.1) is 0 Å². The Morgan fingerprint density at radius 1 is 1.12 bits per heavy atom. The third-order valence-corrected chi connectivity index (χ3v) is 4.93. The summed E-state index contributed by atoms with van der Waals surface area (Å²) in [7, 11) is 0. The number of anilines is 2. The van der Waals surface area contributed by atoms with Gasteiger partial charge in [-0.3, -0.25) is 14.5 Å². The van der Waals surface area contributed by atoms with Crippen LogP contribution in [0.2, 0.25) is 0 Å². The topological polar surface area (TPSA) is 49.4 Å². The van der Waals surface area contributed by atoms with Crippen molar-refractivity contribution in [1.82, 2.24) is 0 Å². The number of amides is 2. The second-order valence-corrected chi connectivity index (χ2v) is 6.42. The molecule has 3 aromatic rings. The van der Waals surface area contributed by atoms with E-state index >= 15 is 0 Å². The summed E-state index contributed by atoms with van der Waals surface area (Å²) < 4.78 is 1.19. The summed E-state index contributed by atoms with van der Waals surface area (Å²) in [5, 5.41) is 5.94. The highest BCUT2D eigenvalue weighted by molar-refractivity contribution is 7.17. The molecule has 1 aromatic heterocycles. The van der Waals surface area contributed by atoms with Crippen molar-refractivity contribution in [2.45, 2.75) is 0 Å². The average molecular weight is 334 g/mol. The number of nitrogens with one attached hydrogen (secondary N) is 1. The largest absolute Gasteiger partial charge is 0.323 e. The summed E-state index contributed by atoms with van der Waals surface area (Å²) >= 11 is 1.65. The number of hydrogen-bond donors (Lipinski definition) is 1. The Hall–Kier alpha value is -2.92. The van der Waals surface area contributed by atoms with Gasteiger partial charge in [0.1, 0.15) is 6.54 Å². The van der Waals surface area contributed by atoms with Crippen LogP contribution >= 0.6 is 11.3 Å². The van der Waals surface area contributed by atoms with Gasteiger partial charge in [-0.25, -0.2) is 0 Å². The first kappa shape index (κ1) is 14.7. The highest BCUT2D eigenvalue weighted by Crippen LogP contribution is 2.30. The number of para-hydroxylation sites is 2. The number of nitrogens with zero attached hydrogens (tertiary/aromatic N) is 1. The van der Waals surface area contributed by atoms with E-state index in [4.69, 9.17) is 0 Å². The van der Waals surface area contributed by atoms with Crippen molar-refractivity contribution in [3.63, 3.8) is 0 Å². The standard InChI is InChI=1S/C19H14N2O2S/c22-18-11-21(16-7-3-2-6-15(16)20-18)19(23)10-9-13-12-24-17-8-4-1-5-14(13)17/h1-10,12H,11H2,(H,20,22). The molecule has 4 rings (SSSR count). The van der Waals surface area contributed by atoms with Crippen LogP contribution in [-0.2, 0) is 9.59 Å². The maximum absolute atomic E-state index is 12.6. The smallest absolute Gasteiger partial charge is 0.251 e. The van der Waals surface area contributed by atoms with Gasteiger partial charge in [-0.1, -0.05) is 30.3 Å². The predicted octanol–water partition coefficient (Wildman–Crippen LogP) is 3.90. The molecule has 0 aliphatic carbocycles. The first-order valence-corrected chi connectivity index (χ1v) is 8.45. The minimum absolute atomic E-state index is 0.0323. The van der Waals surface area contributed by atoms with Gasteiger partial charge >= 0.3 is 0 Å². The van der Waals surface area contributed by atoms with Crippen LogP contribution in [0.25, 0.3) is 16.2 Å². The number of carbonyl (C=O) groups is 2. The van der Waals surface area contributed by atoms with E-state index in [1.807, 2.05) is 47.9 Å². The maximum atomic E-state index is 12.6. The van der Waals surface area contributed by atoms with Crippen LogP contribution in [0.1, 0.15) is 5.56 Å². The molecule has 2 amide bonds. The number of rotatable bonds is 2. The molecule has 0 bridgehead atoms. The molecular formula is C19H14N2O2S. The second-order valence-electron chi connectivity index (χ2n) is 5.51. The molecule has 2 aromatic carbocycles. The van der Waals surface area contributed by atoms with Crippen LogP contribution in [0.5, 0.6) is 0 Å². The monoisotopic (exact) mass is 334 g/mol. The van der Waals surface area contributed by atoms with Gasteiger partial charge in [-0.2, -0.15) is 0 Å². The molecule has 0 spiro atoms. The summed E-state index contributed by atoms with van der Waals surface area (Å²) in [6.07, 6.45) is 3.35. The molecule has 4 nitrogen and oxygen atoms in total. The lowest BCUT2D eigenvalue weighted by atomic mass is 10.1. The van der Waals surface area contributed by atoms with E-state index in [1.54, 1.807) is 17.4 Å². The Bertz CT molecular complexity index is 974. The van der Waals surface area contributed by atoms with Gasteiger partial charge in [-0.15, -0.1) is 11.3 Å². The molecule has 0 unspecified atom stereocenters. The summed E-state index contributed by atoms with van der Waals surface area (Å²) in [5.41, 5.74) is 2.40. The van der Waals surface area contributed by atoms with Crippen molar-refractivity contribution in [3.8, 4) is 0 Å². The Balaban J connectivity index is 1.64. The number of carbonyl (C=O) groups excluding carboxylic acids is 2. The van der Waals surface area contributed by atoms with Gasteiger partial charge in [0.25, 0.3) is 5.91 Å². The fourth-order valence-electron chi connectivity index (χ4n) is 2.81. The van der Waals surface area contributed by atoms with Crippen LogP contribution in [0.4, 0.5) is 11.4 Å².